The highest BCUT2D eigenvalue weighted by molar-refractivity contribution is 6.06. The van der Waals surface area contributed by atoms with Crippen molar-refractivity contribution in [2.24, 2.45) is 14.1 Å². The number of hydrogen-bond donors (Lipinski definition) is 0. The van der Waals surface area contributed by atoms with E-state index in [9.17, 15) is 14.4 Å². The number of rotatable bonds is 3. The van der Waals surface area contributed by atoms with Gasteiger partial charge in [-0.25, -0.2) is 4.79 Å². The van der Waals surface area contributed by atoms with E-state index in [4.69, 9.17) is 0 Å². The van der Waals surface area contributed by atoms with Crippen molar-refractivity contribution in [3.63, 3.8) is 0 Å². The summed E-state index contributed by atoms with van der Waals surface area (Å²) in [6, 6.07) is 7.22. The van der Waals surface area contributed by atoms with E-state index in [1.54, 1.807) is 19.2 Å². The highest BCUT2D eigenvalue weighted by atomic mass is 16.2. The largest absolute Gasteiger partial charge is 0.330 e. The van der Waals surface area contributed by atoms with Crippen molar-refractivity contribution in [1.82, 2.24) is 9.13 Å². The maximum absolute atomic E-state index is 12.1. The van der Waals surface area contributed by atoms with Gasteiger partial charge < -0.3 is 4.57 Å². The predicted molar refractivity (Wildman–Crippen MR) is 81.5 cm³/mol. The van der Waals surface area contributed by atoms with Crippen LogP contribution in [0.2, 0.25) is 0 Å². The summed E-state index contributed by atoms with van der Waals surface area (Å²) in [5.74, 6) is -0.186. The van der Waals surface area contributed by atoms with E-state index in [2.05, 4.69) is 0 Å². The van der Waals surface area contributed by atoms with Crippen LogP contribution in [-0.4, -0.2) is 14.9 Å². The van der Waals surface area contributed by atoms with E-state index >= 15 is 0 Å². The number of carbonyl (C=O) groups is 1. The summed E-state index contributed by atoms with van der Waals surface area (Å²) < 4.78 is 2.31. The summed E-state index contributed by atoms with van der Waals surface area (Å²) in [5, 5.41) is 0. The molecule has 0 unspecified atom stereocenters. The molecule has 2 aromatic rings. The molecule has 0 fully saturated rings. The summed E-state index contributed by atoms with van der Waals surface area (Å²) in [7, 11) is 2.96. The van der Waals surface area contributed by atoms with Gasteiger partial charge in [0.2, 0.25) is 0 Å². The number of allylic oxidation sites excluding steroid dienone is 1. The Hall–Kier alpha value is -2.69. The molecule has 2 rings (SSSR count). The van der Waals surface area contributed by atoms with Gasteiger partial charge in [0, 0.05) is 25.9 Å². The molecule has 0 saturated carbocycles. The molecule has 0 radical (unpaired) electrons. The van der Waals surface area contributed by atoms with Crippen molar-refractivity contribution >= 4 is 11.9 Å². The predicted octanol–water partition coefficient (Wildman–Crippen LogP) is 1.29. The topological polar surface area (TPSA) is 61.1 Å². The first kappa shape index (κ1) is 14.7. The average Bonchev–Trinajstić information content (AvgIpc) is 2.47. The second-order valence-corrected chi connectivity index (χ2v) is 4.91. The van der Waals surface area contributed by atoms with Crippen molar-refractivity contribution < 1.29 is 4.79 Å². The van der Waals surface area contributed by atoms with E-state index < -0.39 is 11.2 Å². The molecule has 1 aromatic heterocycles. The monoisotopic (exact) mass is 284 g/mol. The molecule has 5 heteroatoms. The van der Waals surface area contributed by atoms with Crippen LogP contribution in [0.3, 0.4) is 0 Å². The Labute approximate surface area is 121 Å². The fourth-order valence-electron chi connectivity index (χ4n) is 2.01. The summed E-state index contributed by atoms with van der Waals surface area (Å²) in [5.41, 5.74) is 1.02. The van der Waals surface area contributed by atoms with E-state index in [1.165, 1.54) is 30.0 Å². The van der Waals surface area contributed by atoms with Gasteiger partial charge in [0.05, 0.1) is 5.56 Å². The van der Waals surface area contributed by atoms with E-state index in [0.29, 0.717) is 11.1 Å². The average molecular weight is 284 g/mol. The summed E-state index contributed by atoms with van der Waals surface area (Å²) in [6.45, 7) is 1.91. The number of ketones is 1. The van der Waals surface area contributed by atoms with Crippen molar-refractivity contribution in [2.75, 3.05) is 0 Å². The minimum atomic E-state index is -0.425. The van der Waals surface area contributed by atoms with Gasteiger partial charge in [0.25, 0.3) is 5.56 Å². The lowest BCUT2D eigenvalue weighted by Crippen LogP contribution is -2.37. The molecular weight excluding hydrogens is 268 g/mol. The van der Waals surface area contributed by atoms with Gasteiger partial charge in [-0.1, -0.05) is 23.8 Å². The molecule has 0 bridgehead atoms. The van der Waals surface area contributed by atoms with Crippen molar-refractivity contribution in [1.29, 1.82) is 0 Å². The SMILES string of the molecule is Cc1cccc(C(=O)C=Cc2cn(C)c(=O)n(C)c2=O)c1. The van der Waals surface area contributed by atoms with Crippen LogP contribution in [0.5, 0.6) is 0 Å². The first-order valence-electron chi connectivity index (χ1n) is 6.46. The van der Waals surface area contributed by atoms with E-state index in [-0.39, 0.29) is 5.78 Å². The van der Waals surface area contributed by atoms with E-state index in [0.717, 1.165) is 10.1 Å². The third-order valence-electron chi connectivity index (χ3n) is 3.19. The number of carbonyl (C=O) groups excluding carboxylic acids is 1. The molecule has 1 aromatic carbocycles. The quantitative estimate of drug-likeness (QED) is 0.630. The molecule has 5 nitrogen and oxygen atoms in total. The Balaban J connectivity index is 2.37. The zero-order chi connectivity index (χ0) is 15.6. The molecule has 21 heavy (non-hydrogen) atoms. The molecule has 0 amide bonds. The van der Waals surface area contributed by atoms with Gasteiger partial charge in [-0.15, -0.1) is 0 Å². The first-order chi connectivity index (χ1) is 9.90. The van der Waals surface area contributed by atoms with E-state index in [1.807, 2.05) is 19.1 Å². The fraction of sp³-hybridized carbons (Fsp3) is 0.188. The Bertz CT molecular complexity index is 841. The lowest BCUT2D eigenvalue weighted by atomic mass is 10.1. The van der Waals surface area contributed by atoms with Crippen molar-refractivity contribution in [3.8, 4) is 0 Å². The van der Waals surface area contributed by atoms with Crippen LogP contribution in [0.15, 0.2) is 46.1 Å². The van der Waals surface area contributed by atoms with Gasteiger partial charge in [-0.05, 0) is 25.1 Å². The Morgan fingerprint density at radius 2 is 1.90 bits per heavy atom. The molecule has 108 valence electrons. The highest BCUT2D eigenvalue weighted by Crippen LogP contribution is 2.06. The maximum Gasteiger partial charge on any atom is 0.330 e. The number of nitrogens with zero attached hydrogens (tertiary/aromatic N) is 2. The number of benzene rings is 1. The Kier molecular flexibility index (Phi) is 4.03. The smallest absolute Gasteiger partial charge is 0.303 e. The molecule has 0 aliphatic rings. The maximum atomic E-state index is 12.1. The molecule has 0 aliphatic carbocycles. The van der Waals surface area contributed by atoms with Gasteiger partial charge >= 0.3 is 5.69 Å². The normalized spacial score (nSPS) is 11.0. The number of aromatic nitrogens is 2. The summed E-state index contributed by atoms with van der Waals surface area (Å²) in [6.07, 6.45) is 4.20. The lowest BCUT2D eigenvalue weighted by molar-refractivity contribution is 0.104. The third-order valence-corrected chi connectivity index (χ3v) is 3.19. The third kappa shape index (κ3) is 3.08. The Morgan fingerprint density at radius 1 is 1.19 bits per heavy atom. The zero-order valence-electron chi connectivity index (χ0n) is 12.2. The van der Waals surface area contributed by atoms with Crippen molar-refractivity contribution in [2.45, 2.75) is 6.92 Å². The number of hydrogen-bond acceptors (Lipinski definition) is 3. The number of aryl methyl sites for hydroxylation is 2. The summed E-state index contributed by atoms with van der Waals surface area (Å²) in [4.78, 5) is 35.6. The van der Waals surface area contributed by atoms with Gasteiger partial charge in [0.15, 0.2) is 5.78 Å². The molecule has 0 spiro atoms. The second kappa shape index (κ2) is 5.75. The minimum absolute atomic E-state index is 0.186. The van der Waals surface area contributed by atoms with Gasteiger partial charge in [-0.3, -0.25) is 14.2 Å². The molecular formula is C16H16N2O3. The molecule has 0 N–H and O–H groups in total. The summed E-state index contributed by atoms with van der Waals surface area (Å²) >= 11 is 0. The van der Waals surface area contributed by atoms with Crippen LogP contribution in [0.1, 0.15) is 21.5 Å². The molecule has 0 saturated heterocycles. The van der Waals surface area contributed by atoms with Crippen LogP contribution < -0.4 is 11.2 Å². The highest BCUT2D eigenvalue weighted by Gasteiger charge is 2.05. The minimum Gasteiger partial charge on any atom is -0.303 e. The van der Waals surface area contributed by atoms with Crippen LogP contribution in [0.4, 0.5) is 0 Å². The van der Waals surface area contributed by atoms with Gasteiger partial charge in [0.1, 0.15) is 0 Å². The Morgan fingerprint density at radius 3 is 2.57 bits per heavy atom. The van der Waals surface area contributed by atoms with Crippen LogP contribution in [-0.2, 0) is 14.1 Å². The van der Waals surface area contributed by atoms with Crippen LogP contribution >= 0.6 is 0 Å². The second-order valence-electron chi connectivity index (χ2n) is 4.91. The molecule has 0 aliphatic heterocycles. The van der Waals surface area contributed by atoms with Gasteiger partial charge in [-0.2, -0.15) is 0 Å². The van der Waals surface area contributed by atoms with Crippen molar-refractivity contribution in [3.05, 3.63) is 74.1 Å². The first-order valence-corrected chi connectivity index (χ1v) is 6.46. The van der Waals surface area contributed by atoms with Crippen LogP contribution in [0, 0.1) is 6.92 Å². The van der Waals surface area contributed by atoms with Crippen LogP contribution in [0.25, 0.3) is 6.08 Å². The lowest BCUT2D eigenvalue weighted by Gasteiger charge is -2.03. The fourth-order valence-corrected chi connectivity index (χ4v) is 2.01. The molecule has 1 heterocycles. The standard InChI is InChI=1S/C16H16N2O3/c1-11-5-4-6-12(9-11)14(19)8-7-13-10-17(2)16(21)18(3)15(13)20/h4-10H,1-3H3. The zero-order valence-corrected chi connectivity index (χ0v) is 12.2. The molecule has 0 atom stereocenters.